The monoisotopic (exact) mass is 317 g/mol. The van der Waals surface area contributed by atoms with Crippen molar-refractivity contribution >= 4 is 33.2 Å². The van der Waals surface area contributed by atoms with Gasteiger partial charge in [0, 0.05) is 16.8 Å². The van der Waals surface area contributed by atoms with Gasteiger partial charge >= 0.3 is 0 Å². The lowest BCUT2D eigenvalue weighted by Gasteiger charge is -2.24. The van der Waals surface area contributed by atoms with E-state index < -0.39 is 0 Å². The number of alkyl halides is 1. The summed E-state index contributed by atoms with van der Waals surface area (Å²) < 4.78 is 0. The van der Waals surface area contributed by atoms with Crippen LogP contribution in [-0.4, -0.2) is 17.8 Å². The van der Waals surface area contributed by atoms with Crippen LogP contribution in [0.4, 0.5) is 0 Å². The van der Waals surface area contributed by atoms with Crippen LogP contribution in [-0.2, 0) is 0 Å². The summed E-state index contributed by atoms with van der Waals surface area (Å²) in [6, 6.07) is 3.87. The zero-order valence-corrected chi connectivity index (χ0v) is 13.1. The van der Waals surface area contributed by atoms with E-state index in [0.29, 0.717) is 0 Å². The number of hydrogen-bond acceptors (Lipinski definition) is 2. The second kappa shape index (κ2) is 6.55. The van der Waals surface area contributed by atoms with Gasteiger partial charge in [-0.1, -0.05) is 29.8 Å². The molecule has 0 aliphatic rings. The average Bonchev–Trinajstić information content (AvgIpc) is 2.70. The van der Waals surface area contributed by atoms with Crippen molar-refractivity contribution in [1.29, 1.82) is 0 Å². The lowest BCUT2D eigenvalue weighted by molar-refractivity contribution is 0.0938. The van der Waals surface area contributed by atoms with Gasteiger partial charge in [-0.3, -0.25) is 4.79 Å². The molecule has 0 unspecified atom stereocenters. The largest absolute Gasteiger partial charge is 0.351 e. The van der Waals surface area contributed by atoms with Crippen molar-refractivity contribution in [2.24, 2.45) is 5.41 Å². The highest BCUT2D eigenvalue weighted by Gasteiger charge is 2.19. The van der Waals surface area contributed by atoms with Crippen LogP contribution in [0, 0.1) is 12.3 Å². The molecular weight excluding hydrogens is 298 g/mol. The van der Waals surface area contributed by atoms with Crippen LogP contribution in [0.15, 0.2) is 12.1 Å². The number of hydrogen-bond donors (Lipinski definition) is 1. The van der Waals surface area contributed by atoms with Crippen LogP contribution in [0.2, 0.25) is 0 Å². The van der Waals surface area contributed by atoms with Gasteiger partial charge in [0.1, 0.15) is 0 Å². The van der Waals surface area contributed by atoms with Crippen molar-refractivity contribution in [2.45, 2.75) is 33.6 Å². The summed E-state index contributed by atoms with van der Waals surface area (Å²) in [4.78, 5) is 13.8. The first-order chi connectivity index (χ1) is 7.94. The number of nitrogens with one attached hydrogen (secondary N) is 1. The molecule has 0 atom stereocenters. The van der Waals surface area contributed by atoms with E-state index in [0.717, 1.165) is 29.6 Å². The number of rotatable bonds is 6. The van der Waals surface area contributed by atoms with E-state index in [-0.39, 0.29) is 11.3 Å². The second-order valence-corrected chi connectivity index (χ2v) is 7.13. The maximum atomic E-state index is 11.9. The highest BCUT2D eigenvalue weighted by Crippen LogP contribution is 2.22. The van der Waals surface area contributed by atoms with Crippen LogP contribution in [0.3, 0.4) is 0 Å². The van der Waals surface area contributed by atoms with Crippen molar-refractivity contribution < 1.29 is 4.79 Å². The summed E-state index contributed by atoms with van der Waals surface area (Å²) in [6.07, 6.45) is 2.25. The average molecular weight is 318 g/mol. The van der Waals surface area contributed by atoms with Gasteiger partial charge in [-0.2, -0.15) is 0 Å². The smallest absolute Gasteiger partial charge is 0.261 e. The number of amides is 1. The van der Waals surface area contributed by atoms with E-state index in [1.807, 2.05) is 19.1 Å². The molecule has 1 aromatic heterocycles. The minimum Gasteiger partial charge on any atom is -0.351 e. The van der Waals surface area contributed by atoms with Crippen molar-refractivity contribution in [3.8, 4) is 0 Å². The topological polar surface area (TPSA) is 29.1 Å². The Labute approximate surface area is 116 Å². The van der Waals surface area contributed by atoms with Gasteiger partial charge in [0.05, 0.1) is 4.88 Å². The maximum Gasteiger partial charge on any atom is 0.261 e. The third-order valence-electron chi connectivity index (χ3n) is 2.68. The van der Waals surface area contributed by atoms with Gasteiger partial charge in [-0.25, -0.2) is 0 Å². The van der Waals surface area contributed by atoms with Crippen molar-refractivity contribution in [3.05, 3.63) is 21.9 Å². The lowest BCUT2D eigenvalue weighted by Crippen LogP contribution is -2.33. The van der Waals surface area contributed by atoms with Crippen LogP contribution in [0.5, 0.6) is 0 Å². The third kappa shape index (κ3) is 5.21. The van der Waals surface area contributed by atoms with E-state index in [1.165, 1.54) is 4.88 Å². The maximum absolute atomic E-state index is 11.9. The Morgan fingerprint density at radius 2 is 2.18 bits per heavy atom. The van der Waals surface area contributed by atoms with E-state index in [1.54, 1.807) is 11.3 Å². The molecule has 2 nitrogen and oxygen atoms in total. The molecule has 0 aromatic carbocycles. The van der Waals surface area contributed by atoms with Crippen LogP contribution < -0.4 is 5.32 Å². The fourth-order valence-corrected chi connectivity index (χ4v) is 2.66. The van der Waals surface area contributed by atoms with Crippen LogP contribution in [0.1, 0.15) is 41.2 Å². The number of carbonyl (C=O) groups is 1. The molecule has 1 amide bonds. The lowest BCUT2D eigenvalue weighted by atomic mass is 9.88. The van der Waals surface area contributed by atoms with E-state index in [4.69, 9.17) is 0 Å². The molecule has 1 N–H and O–H groups in total. The molecule has 0 aliphatic heterocycles. The molecule has 0 saturated carbocycles. The molecule has 1 rings (SSSR count). The minimum atomic E-state index is 0.0509. The van der Waals surface area contributed by atoms with Gasteiger partial charge in [-0.05, 0) is 37.3 Å². The van der Waals surface area contributed by atoms with E-state index in [9.17, 15) is 4.79 Å². The summed E-state index contributed by atoms with van der Waals surface area (Å²) >= 11 is 4.98. The van der Waals surface area contributed by atoms with Gasteiger partial charge < -0.3 is 5.32 Å². The molecule has 17 heavy (non-hydrogen) atoms. The summed E-state index contributed by atoms with van der Waals surface area (Å²) in [5, 5.41) is 4.04. The summed E-state index contributed by atoms with van der Waals surface area (Å²) in [6.45, 7) is 7.13. The van der Waals surface area contributed by atoms with Crippen molar-refractivity contribution in [2.75, 3.05) is 11.9 Å². The van der Waals surface area contributed by atoms with E-state index >= 15 is 0 Å². The molecule has 0 spiro atoms. The molecule has 96 valence electrons. The van der Waals surface area contributed by atoms with Gasteiger partial charge in [-0.15, -0.1) is 11.3 Å². The highest BCUT2D eigenvalue weighted by molar-refractivity contribution is 9.09. The Hall–Kier alpha value is -0.350. The number of carbonyl (C=O) groups excluding carboxylic acids is 1. The van der Waals surface area contributed by atoms with Gasteiger partial charge in [0.15, 0.2) is 0 Å². The molecule has 4 heteroatoms. The molecule has 1 aromatic rings. The summed E-state index contributed by atoms with van der Waals surface area (Å²) in [7, 11) is 0. The molecule has 1 heterocycles. The molecule has 0 fully saturated rings. The fourth-order valence-electron chi connectivity index (χ4n) is 1.60. The number of halogens is 1. The standard InChI is InChI=1S/C13H20BrNOS/c1-10-5-6-11(17-10)12(16)15-9-13(2,3)7-4-8-14/h5-6H,4,7-9H2,1-3H3,(H,15,16). The SMILES string of the molecule is Cc1ccc(C(=O)NCC(C)(C)CCCBr)s1. The number of thiophene rings is 1. The van der Waals surface area contributed by atoms with Crippen LogP contribution in [0.25, 0.3) is 0 Å². The quantitative estimate of drug-likeness (QED) is 0.790. The van der Waals surface area contributed by atoms with Crippen molar-refractivity contribution in [3.63, 3.8) is 0 Å². The Balaban J connectivity index is 2.42. The van der Waals surface area contributed by atoms with Gasteiger partial charge in [0.25, 0.3) is 5.91 Å². The first kappa shape index (κ1) is 14.7. The molecule has 0 saturated heterocycles. The molecule has 0 bridgehead atoms. The van der Waals surface area contributed by atoms with Crippen molar-refractivity contribution in [1.82, 2.24) is 5.32 Å². The number of aryl methyl sites for hydroxylation is 1. The Morgan fingerprint density at radius 1 is 1.47 bits per heavy atom. The Kier molecular flexibility index (Phi) is 5.67. The summed E-state index contributed by atoms with van der Waals surface area (Å²) in [5.41, 5.74) is 0.162. The highest BCUT2D eigenvalue weighted by atomic mass is 79.9. The van der Waals surface area contributed by atoms with E-state index in [2.05, 4.69) is 35.1 Å². The van der Waals surface area contributed by atoms with Crippen LogP contribution >= 0.6 is 27.3 Å². The normalized spacial score (nSPS) is 11.5. The Morgan fingerprint density at radius 3 is 2.71 bits per heavy atom. The van der Waals surface area contributed by atoms with Gasteiger partial charge in [0.2, 0.25) is 0 Å². The zero-order chi connectivity index (χ0) is 12.9. The molecular formula is C13H20BrNOS. The molecule has 0 radical (unpaired) electrons. The summed E-state index contributed by atoms with van der Waals surface area (Å²) in [5.74, 6) is 0.0509. The Bertz CT molecular complexity index is 373. The predicted octanol–water partition coefficient (Wildman–Crippen LogP) is 3.99. The zero-order valence-electron chi connectivity index (χ0n) is 10.7. The molecule has 0 aliphatic carbocycles. The first-order valence-electron chi connectivity index (χ1n) is 5.85. The second-order valence-electron chi connectivity index (χ2n) is 5.05. The first-order valence-corrected chi connectivity index (χ1v) is 7.79. The third-order valence-corrected chi connectivity index (χ3v) is 4.24. The minimum absolute atomic E-state index is 0.0509. The fraction of sp³-hybridized carbons (Fsp3) is 0.615. The predicted molar refractivity (Wildman–Crippen MR) is 78.2 cm³/mol.